The van der Waals surface area contributed by atoms with E-state index in [1.54, 1.807) is 18.2 Å². The van der Waals surface area contributed by atoms with Crippen molar-refractivity contribution in [1.29, 1.82) is 5.26 Å². The lowest BCUT2D eigenvalue weighted by molar-refractivity contribution is 0.00254. The zero-order valence-corrected chi connectivity index (χ0v) is 19.4. The highest BCUT2D eigenvalue weighted by Gasteiger charge is 2.46. The Morgan fingerprint density at radius 1 is 1.06 bits per heavy atom. The standard InChI is InChI=1S/C27H30N2O4/c1-27(2,3)33-26(31)29-22-11-12-23(29)14-21(13-22)25(30)19-9-10-20(16-28)24(15-19)32-17-18-7-5-4-6-8-18/h4-10,15,21-23H,11-14,17H2,1-3H3. The molecule has 0 spiro atoms. The van der Waals surface area contributed by atoms with Crippen LogP contribution in [0.2, 0.25) is 0 Å². The van der Waals surface area contributed by atoms with E-state index >= 15 is 0 Å². The van der Waals surface area contributed by atoms with Crippen molar-refractivity contribution < 1.29 is 19.1 Å². The molecule has 2 unspecified atom stereocenters. The van der Waals surface area contributed by atoms with Gasteiger partial charge in [-0.25, -0.2) is 4.79 Å². The number of fused-ring (bicyclic) bond motifs is 2. The van der Waals surface area contributed by atoms with Crippen LogP contribution in [-0.4, -0.2) is 34.5 Å². The first-order valence-electron chi connectivity index (χ1n) is 11.5. The van der Waals surface area contributed by atoms with Crippen LogP contribution < -0.4 is 4.74 Å². The van der Waals surface area contributed by atoms with Crippen molar-refractivity contribution in [2.75, 3.05) is 0 Å². The van der Waals surface area contributed by atoms with Gasteiger partial charge in [0.25, 0.3) is 0 Å². The van der Waals surface area contributed by atoms with Gasteiger partial charge in [0.05, 0.1) is 5.56 Å². The van der Waals surface area contributed by atoms with Gasteiger partial charge in [0.2, 0.25) is 0 Å². The average molecular weight is 447 g/mol. The van der Waals surface area contributed by atoms with Gasteiger partial charge < -0.3 is 14.4 Å². The highest BCUT2D eigenvalue weighted by atomic mass is 16.6. The molecule has 33 heavy (non-hydrogen) atoms. The Hall–Kier alpha value is -3.33. The fourth-order valence-electron chi connectivity index (χ4n) is 4.86. The lowest BCUT2D eigenvalue weighted by Gasteiger charge is -2.39. The predicted molar refractivity (Wildman–Crippen MR) is 124 cm³/mol. The molecule has 2 aromatic rings. The summed E-state index contributed by atoms with van der Waals surface area (Å²) in [5.41, 5.74) is 1.40. The maximum atomic E-state index is 13.4. The number of benzene rings is 2. The zero-order valence-electron chi connectivity index (χ0n) is 19.4. The molecule has 0 N–H and O–H groups in total. The SMILES string of the molecule is CC(C)(C)OC(=O)N1C2CCC1CC(C(=O)c1ccc(C#N)c(OCc3ccccc3)c1)C2. The minimum absolute atomic E-state index is 0.0275. The Labute approximate surface area is 195 Å². The molecule has 2 aliphatic rings. The van der Waals surface area contributed by atoms with Crippen molar-refractivity contribution in [3.63, 3.8) is 0 Å². The Morgan fingerprint density at radius 3 is 2.33 bits per heavy atom. The maximum Gasteiger partial charge on any atom is 0.410 e. The van der Waals surface area contributed by atoms with Gasteiger partial charge in [-0.3, -0.25) is 4.79 Å². The van der Waals surface area contributed by atoms with E-state index in [4.69, 9.17) is 9.47 Å². The third kappa shape index (κ3) is 5.19. The molecule has 0 aromatic heterocycles. The Kier molecular flexibility index (Phi) is 6.42. The van der Waals surface area contributed by atoms with Crippen LogP contribution in [0.3, 0.4) is 0 Å². The van der Waals surface area contributed by atoms with Crippen molar-refractivity contribution in [3.05, 3.63) is 65.2 Å². The molecular formula is C27H30N2O4. The first-order chi connectivity index (χ1) is 15.7. The van der Waals surface area contributed by atoms with Crippen LogP contribution in [0.25, 0.3) is 0 Å². The summed E-state index contributed by atoms with van der Waals surface area (Å²) in [6, 6.07) is 17.0. The van der Waals surface area contributed by atoms with Crippen molar-refractivity contribution in [2.45, 2.75) is 70.7 Å². The van der Waals surface area contributed by atoms with Crippen molar-refractivity contribution >= 4 is 11.9 Å². The van der Waals surface area contributed by atoms with E-state index in [1.807, 2.05) is 56.0 Å². The second-order valence-corrected chi connectivity index (χ2v) is 9.90. The summed E-state index contributed by atoms with van der Waals surface area (Å²) in [6.07, 6.45) is 2.78. The minimum Gasteiger partial charge on any atom is -0.487 e. The van der Waals surface area contributed by atoms with Crippen LogP contribution in [-0.2, 0) is 11.3 Å². The van der Waals surface area contributed by atoms with E-state index in [-0.39, 0.29) is 29.9 Å². The summed E-state index contributed by atoms with van der Waals surface area (Å²) in [7, 11) is 0. The topological polar surface area (TPSA) is 79.6 Å². The van der Waals surface area contributed by atoms with Gasteiger partial charge in [0.15, 0.2) is 5.78 Å². The highest BCUT2D eigenvalue weighted by Crippen LogP contribution is 2.41. The molecule has 2 aliphatic heterocycles. The number of ether oxygens (including phenoxy) is 2. The highest BCUT2D eigenvalue weighted by molar-refractivity contribution is 5.98. The van der Waals surface area contributed by atoms with Gasteiger partial charge in [0.1, 0.15) is 24.0 Å². The third-order valence-electron chi connectivity index (χ3n) is 6.33. The Bertz CT molecular complexity index is 1050. The number of amides is 1. The van der Waals surface area contributed by atoms with E-state index < -0.39 is 5.60 Å². The van der Waals surface area contributed by atoms with E-state index in [0.29, 0.717) is 36.3 Å². The second kappa shape index (κ2) is 9.27. The van der Waals surface area contributed by atoms with Crippen LogP contribution in [0.15, 0.2) is 48.5 Å². The molecule has 2 atom stereocenters. The molecule has 2 saturated heterocycles. The van der Waals surface area contributed by atoms with E-state index in [9.17, 15) is 14.9 Å². The summed E-state index contributed by atoms with van der Waals surface area (Å²) in [4.78, 5) is 27.9. The molecule has 6 nitrogen and oxygen atoms in total. The van der Waals surface area contributed by atoms with Crippen molar-refractivity contribution in [3.8, 4) is 11.8 Å². The average Bonchev–Trinajstić information content (AvgIpc) is 3.06. The number of hydrogen-bond acceptors (Lipinski definition) is 5. The molecule has 172 valence electrons. The molecule has 2 heterocycles. The van der Waals surface area contributed by atoms with Crippen LogP contribution in [0.1, 0.15) is 67.9 Å². The van der Waals surface area contributed by atoms with Gasteiger partial charge in [-0.1, -0.05) is 30.3 Å². The van der Waals surface area contributed by atoms with Gasteiger partial charge >= 0.3 is 6.09 Å². The number of carbonyl (C=O) groups is 2. The summed E-state index contributed by atoms with van der Waals surface area (Å²) in [5.74, 6) is 0.308. The van der Waals surface area contributed by atoms with Crippen molar-refractivity contribution in [1.82, 2.24) is 4.90 Å². The molecule has 0 aliphatic carbocycles. The quantitative estimate of drug-likeness (QED) is 0.567. The normalized spacial score (nSPS) is 21.9. The van der Waals surface area contributed by atoms with Gasteiger partial charge in [-0.2, -0.15) is 5.26 Å². The molecule has 1 amide bonds. The van der Waals surface area contributed by atoms with Gasteiger partial charge in [0, 0.05) is 23.6 Å². The third-order valence-corrected chi connectivity index (χ3v) is 6.33. The summed E-state index contributed by atoms with van der Waals surface area (Å²) >= 11 is 0. The molecule has 0 saturated carbocycles. The van der Waals surface area contributed by atoms with Gasteiger partial charge in [-0.05, 0) is 70.2 Å². The lowest BCUT2D eigenvalue weighted by Crippen LogP contribution is -2.49. The van der Waals surface area contributed by atoms with E-state index in [1.165, 1.54) is 0 Å². The maximum absolute atomic E-state index is 13.4. The molecular weight excluding hydrogens is 416 g/mol. The minimum atomic E-state index is -0.540. The molecule has 2 aromatic carbocycles. The molecule has 0 radical (unpaired) electrons. The Morgan fingerprint density at radius 2 is 1.73 bits per heavy atom. The zero-order chi connectivity index (χ0) is 23.6. The monoisotopic (exact) mass is 446 g/mol. The largest absolute Gasteiger partial charge is 0.487 e. The molecule has 4 rings (SSSR count). The summed E-state index contributed by atoms with van der Waals surface area (Å²) in [6.45, 7) is 5.92. The number of hydrogen-bond donors (Lipinski definition) is 0. The molecule has 2 fully saturated rings. The van der Waals surface area contributed by atoms with E-state index in [2.05, 4.69) is 6.07 Å². The first kappa shape index (κ1) is 22.8. The smallest absolute Gasteiger partial charge is 0.410 e. The fraction of sp³-hybridized carbons (Fsp3) is 0.444. The number of piperidine rings is 1. The Balaban J connectivity index is 1.46. The molecule has 2 bridgehead atoms. The predicted octanol–water partition coefficient (Wildman–Crippen LogP) is 5.50. The summed E-state index contributed by atoms with van der Waals surface area (Å²) in [5, 5.41) is 9.47. The van der Waals surface area contributed by atoms with Gasteiger partial charge in [-0.15, -0.1) is 0 Å². The number of carbonyl (C=O) groups excluding carboxylic acids is 2. The fourth-order valence-corrected chi connectivity index (χ4v) is 4.86. The van der Waals surface area contributed by atoms with E-state index in [0.717, 1.165) is 18.4 Å². The second-order valence-electron chi connectivity index (χ2n) is 9.90. The van der Waals surface area contributed by atoms with Crippen LogP contribution in [0, 0.1) is 17.2 Å². The number of Topliss-reactive ketones (excluding diaryl/α,β-unsaturated/α-hetero) is 1. The van der Waals surface area contributed by atoms with Crippen molar-refractivity contribution in [2.24, 2.45) is 5.92 Å². The number of nitriles is 1. The lowest BCUT2D eigenvalue weighted by atomic mass is 9.84. The van der Waals surface area contributed by atoms with Crippen LogP contribution in [0.4, 0.5) is 4.79 Å². The van der Waals surface area contributed by atoms with Crippen LogP contribution >= 0.6 is 0 Å². The number of nitrogens with zero attached hydrogens (tertiary/aromatic N) is 2. The number of rotatable bonds is 5. The van der Waals surface area contributed by atoms with Crippen LogP contribution in [0.5, 0.6) is 5.75 Å². The molecule has 6 heteroatoms. The summed E-state index contributed by atoms with van der Waals surface area (Å²) < 4.78 is 11.5. The first-order valence-corrected chi connectivity index (χ1v) is 11.5. The number of ketones is 1.